The van der Waals surface area contributed by atoms with E-state index in [4.69, 9.17) is 0 Å². The van der Waals surface area contributed by atoms with E-state index in [0.29, 0.717) is 0 Å². The van der Waals surface area contributed by atoms with Crippen molar-refractivity contribution >= 4 is 0 Å². The Morgan fingerprint density at radius 2 is 1.44 bits per heavy atom. The summed E-state index contributed by atoms with van der Waals surface area (Å²) in [4.78, 5) is 0. The number of nitrogens with zero attached hydrogens (tertiary/aromatic N) is 1. The van der Waals surface area contributed by atoms with E-state index in [1.807, 2.05) is 0 Å². The number of aryl methyl sites for hydroxylation is 1. The maximum atomic E-state index is 2.37. The van der Waals surface area contributed by atoms with Crippen LogP contribution in [-0.4, -0.2) is 11.5 Å². The normalized spacial score (nSPS) is 16.6. The molecule has 1 heterocycles. The van der Waals surface area contributed by atoms with Gasteiger partial charge in [-0.1, -0.05) is 48.5 Å². The van der Waals surface area contributed by atoms with Crippen molar-refractivity contribution in [1.29, 1.82) is 0 Å². The molecule has 1 aliphatic heterocycles. The molecule has 0 radical (unpaired) electrons. The van der Waals surface area contributed by atoms with Gasteiger partial charge in [0.25, 0.3) is 0 Å². The van der Waals surface area contributed by atoms with E-state index < -0.39 is 0 Å². The van der Waals surface area contributed by atoms with Crippen molar-refractivity contribution in [2.75, 3.05) is 7.05 Å². The lowest BCUT2D eigenvalue weighted by Gasteiger charge is -2.30. The van der Waals surface area contributed by atoms with Crippen molar-refractivity contribution in [2.24, 2.45) is 0 Å². The Morgan fingerprint density at radius 3 is 2.06 bits per heavy atom. The second-order valence-electron chi connectivity index (χ2n) is 5.79. The molecule has 2 aromatic carbocycles. The topological polar surface area (TPSA) is 0 Å². The fraction of sp³-hybridized carbons (Fsp3) is 0.294. The minimum absolute atomic E-state index is 1.10. The smallest absolute Gasteiger partial charge is 0.105 e. The third-order valence-corrected chi connectivity index (χ3v) is 4.04. The summed E-state index contributed by atoms with van der Waals surface area (Å²) in [6.45, 7) is 5.65. The Hall–Kier alpha value is -1.60. The Labute approximate surface area is 109 Å². The summed E-state index contributed by atoms with van der Waals surface area (Å²) in [5, 5.41) is 0. The first-order chi connectivity index (χ1) is 8.66. The van der Waals surface area contributed by atoms with Crippen molar-refractivity contribution < 1.29 is 4.48 Å². The zero-order valence-electron chi connectivity index (χ0n) is 11.2. The third-order valence-electron chi connectivity index (χ3n) is 4.04. The van der Waals surface area contributed by atoms with Crippen LogP contribution >= 0.6 is 0 Å². The molecule has 0 spiro atoms. The Morgan fingerprint density at radius 1 is 0.889 bits per heavy atom. The summed E-state index contributed by atoms with van der Waals surface area (Å²) in [6, 6.07) is 17.6. The molecule has 0 bridgehead atoms. The first-order valence-electron chi connectivity index (χ1n) is 6.61. The zero-order valence-corrected chi connectivity index (χ0v) is 11.2. The minimum Gasteiger partial charge on any atom is -0.315 e. The second kappa shape index (κ2) is 4.25. The van der Waals surface area contributed by atoms with Crippen LogP contribution in [0.2, 0.25) is 0 Å². The molecule has 0 aromatic heterocycles. The van der Waals surface area contributed by atoms with E-state index in [-0.39, 0.29) is 0 Å². The van der Waals surface area contributed by atoms with Crippen LogP contribution in [0.1, 0.15) is 22.3 Å². The SMILES string of the molecule is Cc1ccccc1C[N+]1(C)Cc2ccccc2C1. The molecular formula is C17H20N+. The lowest BCUT2D eigenvalue weighted by Crippen LogP contribution is -2.37. The van der Waals surface area contributed by atoms with Gasteiger partial charge in [-0.25, -0.2) is 0 Å². The zero-order chi connectivity index (χ0) is 12.6. The van der Waals surface area contributed by atoms with Gasteiger partial charge in [0.1, 0.15) is 19.6 Å². The van der Waals surface area contributed by atoms with Crippen LogP contribution in [0.5, 0.6) is 0 Å². The molecule has 1 heteroatoms. The molecule has 0 atom stereocenters. The highest BCUT2D eigenvalue weighted by Crippen LogP contribution is 2.30. The average Bonchev–Trinajstić information content (AvgIpc) is 2.68. The molecule has 3 rings (SSSR count). The van der Waals surface area contributed by atoms with Gasteiger partial charge in [0.15, 0.2) is 0 Å². The molecule has 1 nitrogen and oxygen atoms in total. The van der Waals surface area contributed by atoms with Crippen LogP contribution in [0.25, 0.3) is 0 Å². The number of benzene rings is 2. The van der Waals surface area contributed by atoms with Gasteiger partial charge in [-0.05, 0) is 12.5 Å². The van der Waals surface area contributed by atoms with E-state index in [9.17, 15) is 0 Å². The number of hydrogen-bond donors (Lipinski definition) is 0. The lowest BCUT2D eigenvalue weighted by molar-refractivity contribution is -0.941. The molecular weight excluding hydrogens is 218 g/mol. The summed E-state index contributed by atoms with van der Waals surface area (Å²) in [7, 11) is 2.37. The number of rotatable bonds is 2. The van der Waals surface area contributed by atoms with E-state index in [1.165, 1.54) is 22.3 Å². The van der Waals surface area contributed by atoms with Gasteiger partial charge in [0, 0.05) is 16.7 Å². The minimum atomic E-state index is 1.10. The van der Waals surface area contributed by atoms with Gasteiger partial charge in [0.05, 0.1) is 7.05 Å². The molecule has 0 aliphatic carbocycles. The predicted octanol–water partition coefficient (Wildman–Crippen LogP) is 3.66. The number of hydrogen-bond acceptors (Lipinski definition) is 0. The summed E-state index contributed by atoms with van der Waals surface area (Å²) in [6.07, 6.45) is 0. The molecule has 18 heavy (non-hydrogen) atoms. The molecule has 0 fully saturated rings. The molecule has 92 valence electrons. The van der Waals surface area contributed by atoms with Crippen LogP contribution in [-0.2, 0) is 19.6 Å². The van der Waals surface area contributed by atoms with Crippen LogP contribution in [0.4, 0.5) is 0 Å². The van der Waals surface area contributed by atoms with E-state index in [1.54, 1.807) is 0 Å². The van der Waals surface area contributed by atoms with Gasteiger partial charge >= 0.3 is 0 Å². The van der Waals surface area contributed by atoms with Crippen molar-refractivity contribution in [3.63, 3.8) is 0 Å². The van der Waals surface area contributed by atoms with Crippen molar-refractivity contribution in [3.8, 4) is 0 Å². The molecule has 0 saturated heterocycles. The van der Waals surface area contributed by atoms with E-state index in [0.717, 1.165) is 24.1 Å². The molecule has 0 amide bonds. The largest absolute Gasteiger partial charge is 0.315 e. The van der Waals surface area contributed by atoms with E-state index in [2.05, 4.69) is 62.5 Å². The van der Waals surface area contributed by atoms with Gasteiger partial charge < -0.3 is 4.48 Å². The average molecular weight is 238 g/mol. The summed E-state index contributed by atoms with van der Waals surface area (Å²) >= 11 is 0. The van der Waals surface area contributed by atoms with Crippen molar-refractivity contribution in [2.45, 2.75) is 26.6 Å². The highest BCUT2D eigenvalue weighted by Gasteiger charge is 2.31. The Kier molecular flexibility index (Phi) is 2.71. The summed E-state index contributed by atoms with van der Waals surface area (Å²) < 4.78 is 1.10. The van der Waals surface area contributed by atoms with E-state index >= 15 is 0 Å². The quantitative estimate of drug-likeness (QED) is 0.700. The maximum Gasteiger partial charge on any atom is 0.105 e. The maximum absolute atomic E-state index is 2.37. The number of fused-ring (bicyclic) bond motifs is 1. The fourth-order valence-electron chi connectivity index (χ4n) is 3.05. The predicted molar refractivity (Wildman–Crippen MR) is 74.9 cm³/mol. The molecule has 1 aliphatic rings. The monoisotopic (exact) mass is 238 g/mol. The molecule has 0 saturated carbocycles. The molecule has 0 unspecified atom stereocenters. The van der Waals surface area contributed by atoms with Crippen LogP contribution < -0.4 is 0 Å². The molecule has 0 N–H and O–H groups in total. The fourth-order valence-corrected chi connectivity index (χ4v) is 3.05. The highest BCUT2D eigenvalue weighted by molar-refractivity contribution is 5.29. The summed E-state index contributed by atoms with van der Waals surface area (Å²) in [5.41, 5.74) is 5.93. The van der Waals surface area contributed by atoms with Crippen molar-refractivity contribution in [3.05, 3.63) is 70.8 Å². The van der Waals surface area contributed by atoms with Gasteiger partial charge in [0.2, 0.25) is 0 Å². The van der Waals surface area contributed by atoms with Crippen LogP contribution in [0.15, 0.2) is 48.5 Å². The Balaban J connectivity index is 1.85. The second-order valence-corrected chi connectivity index (χ2v) is 5.79. The summed E-state index contributed by atoms with van der Waals surface area (Å²) in [5.74, 6) is 0. The highest BCUT2D eigenvalue weighted by atomic mass is 15.3. The van der Waals surface area contributed by atoms with Gasteiger partial charge in [-0.2, -0.15) is 0 Å². The lowest BCUT2D eigenvalue weighted by atomic mass is 10.1. The van der Waals surface area contributed by atoms with Crippen LogP contribution in [0.3, 0.4) is 0 Å². The first-order valence-corrected chi connectivity index (χ1v) is 6.61. The third kappa shape index (κ3) is 2.06. The standard InChI is InChI=1S/C17H20N/c1-14-7-3-4-8-15(14)11-18(2)12-16-9-5-6-10-17(16)13-18/h3-10H,11-13H2,1-2H3/q+1. The van der Waals surface area contributed by atoms with Crippen LogP contribution in [0, 0.1) is 6.92 Å². The molecule has 2 aromatic rings. The van der Waals surface area contributed by atoms with Crippen molar-refractivity contribution in [1.82, 2.24) is 0 Å². The first kappa shape index (κ1) is 11.5. The number of quaternary nitrogens is 1. The van der Waals surface area contributed by atoms with Gasteiger partial charge in [-0.15, -0.1) is 0 Å². The van der Waals surface area contributed by atoms with Gasteiger partial charge in [-0.3, -0.25) is 0 Å². The Bertz CT molecular complexity index is 546.